The number of nitrogens with one attached hydrogen (secondary N) is 1. The molecule has 3 rings (SSSR count). The molecule has 1 N–H and O–H groups in total. The standard InChI is InChI=1S/C19H20N4O3S/c1-21(2)11-6-12-22(19-20-16-9-3-4-10-17(16)27-19)18(24)14-7-5-8-15(13-14)23(25)26/h3-5,7-10,13H,6,11-12H2,1-2H3/p+1. The number of nitro groups is 1. The second-order valence-corrected chi connectivity index (χ2v) is 7.55. The number of hydrogen-bond acceptors (Lipinski definition) is 5. The van der Waals surface area contributed by atoms with E-state index < -0.39 is 4.92 Å². The molecular weight excluding hydrogens is 364 g/mol. The Morgan fingerprint density at radius 1 is 1.22 bits per heavy atom. The van der Waals surface area contributed by atoms with E-state index in [4.69, 9.17) is 0 Å². The Bertz CT molecular complexity index is 937. The third-order valence-electron chi connectivity index (χ3n) is 4.12. The Labute approximate surface area is 161 Å². The zero-order chi connectivity index (χ0) is 19.4. The number of carbonyl (C=O) groups is 1. The summed E-state index contributed by atoms with van der Waals surface area (Å²) in [4.78, 5) is 31.2. The highest BCUT2D eigenvalue weighted by molar-refractivity contribution is 7.22. The minimum absolute atomic E-state index is 0.0946. The lowest BCUT2D eigenvalue weighted by atomic mass is 10.1. The number of benzene rings is 2. The molecule has 0 saturated heterocycles. The topological polar surface area (TPSA) is 80.8 Å². The van der Waals surface area contributed by atoms with Crippen molar-refractivity contribution in [3.05, 3.63) is 64.2 Å². The predicted octanol–water partition coefficient (Wildman–Crippen LogP) is 2.39. The Balaban J connectivity index is 1.94. The van der Waals surface area contributed by atoms with Crippen LogP contribution in [0.1, 0.15) is 16.8 Å². The number of carbonyl (C=O) groups excluding carboxylic acids is 1. The average molecular weight is 385 g/mol. The first-order chi connectivity index (χ1) is 13.0. The molecule has 1 amide bonds. The first-order valence-corrected chi connectivity index (χ1v) is 9.48. The van der Waals surface area contributed by atoms with Gasteiger partial charge in [0.05, 0.1) is 35.8 Å². The van der Waals surface area contributed by atoms with Gasteiger partial charge in [-0.15, -0.1) is 0 Å². The van der Waals surface area contributed by atoms with E-state index in [1.165, 1.54) is 34.4 Å². The van der Waals surface area contributed by atoms with E-state index in [-0.39, 0.29) is 11.6 Å². The van der Waals surface area contributed by atoms with Crippen molar-refractivity contribution in [1.29, 1.82) is 0 Å². The number of nitro benzene ring substituents is 1. The highest BCUT2D eigenvalue weighted by atomic mass is 32.1. The van der Waals surface area contributed by atoms with Gasteiger partial charge in [0, 0.05) is 30.7 Å². The fourth-order valence-corrected chi connectivity index (χ4v) is 3.75. The maximum Gasteiger partial charge on any atom is 0.270 e. The molecule has 1 heterocycles. The highest BCUT2D eigenvalue weighted by Gasteiger charge is 2.22. The fourth-order valence-electron chi connectivity index (χ4n) is 2.76. The number of hydrogen-bond donors (Lipinski definition) is 1. The molecule has 0 spiro atoms. The summed E-state index contributed by atoms with van der Waals surface area (Å²) in [7, 11) is 4.12. The Kier molecular flexibility index (Phi) is 5.78. The molecule has 0 fully saturated rings. The molecule has 0 saturated carbocycles. The van der Waals surface area contributed by atoms with E-state index >= 15 is 0 Å². The van der Waals surface area contributed by atoms with Crippen molar-refractivity contribution in [3.63, 3.8) is 0 Å². The Morgan fingerprint density at radius 2 is 2.00 bits per heavy atom. The first kappa shape index (κ1) is 18.9. The lowest BCUT2D eigenvalue weighted by Gasteiger charge is -2.20. The molecule has 0 unspecified atom stereocenters. The number of amides is 1. The van der Waals surface area contributed by atoms with Crippen molar-refractivity contribution in [3.8, 4) is 0 Å². The van der Waals surface area contributed by atoms with Crippen LogP contribution < -0.4 is 9.80 Å². The molecule has 0 atom stereocenters. The van der Waals surface area contributed by atoms with Crippen LogP contribution in [0.15, 0.2) is 48.5 Å². The first-order valence-electron chi connectivity index (χ1n) is 8.66. The third-order valence-corrected chi connectivity index (χ3v) is 5.18. The van der Waals surface area contributed by atoms with Crippen molar-refractivity contribution in [2.75, 3.05) is 32.1 Å². The lowest BCUT2D eigenvalue weighted by molar-refractivity contribution is -0.858. The average Bonchev–Trinajstić information content (AvgIpc) is 3.08. The van der Waals surface area contributed by atoms with Crippen LogP contribution in [0.5, 0.6) is 0 Å². The number of non-ortho nitro benzene ring substituents is 1. The number of para-hydroxylation sites is 1. The van der Waals surface area contributed by atoms with Crippen molar-refractivity contribution in [2.45, 2.75) is 6.42 Å². The minimum atomic E-state index is -0.492. The molecule has 0 aliphatic rings. The number of nitrogens with zero attached hydrogens (tertiary/aromatic N) is 3. The number of thiazole rings is 1. The summed E-state index contributed by atoms with van der Waals surface area (Å²) in [6, 6.07) is 13.6. The summed E-state index contributed by atoms with van der Waals surface area (Å²) in [6.07, 6.45) is 0.804. The van der Waals surface area contributed by atoms with E-state index in [1.807, 2.05) is 24.3 Å². The smallest absolute Gasteiger partial charge is 0.270 e. The van der Waals surface area contributed by atoms with E-state index in [1.54, 1.807) is 11.0 Å². The molecule has 7 nitrogen and oxygen atoms in total. The van der Waals surface area contributed by atoms with Gasteiger partial charge >= 0.3 is 0 Å². The SMILES string of the molecule is C[NH+](C)CCCN(C(=O)c1cccc([N+](=O)[O-])c1)c1nc2ccccc2s1. The van der Waals surface area contributed by atoms with E-state index in [2.05, 4.69) is 19.1 Å². The number of quaternary nitrogens is 1. The summed E-state index contributed by atoms with van der Waals surface area (Å²) in [5, 5.41) is 11.7. The number of fused-ring (bicyclic) bond motifs is 1. The van der Waals surface area contributed by atoms with Crippen molar-refractivity contribution >= 4 is 38.3 Å². The second-order valence-electron chi connectivity index (χ2n) is 6.54. The molecule has 27 heavy (non-hydrogen) atoms. The molecule has 8 heteroatoms. The van der Waals surface area contributed by atoms with Crippen LogP contribution in [0.3, 0.4) is 0 Å². The van der Waals surface area contributed by atoms with E-state index in [0.29, 0.717) is 17.2 Å². The minimum Gasteiger partial charge on any atom is -0.340 e. The summed E-state index contributed by atoms with van der Waals surface area (Å²) in [6.45, 7) is 1.41. The van der Waals surface area contributed by atoms with E-state index in [0.717, 1.165) is 23.2 Å². The number of anilines is 1. The van der Waals surface area contributed by atoms with Gasteiger partial charge in [-0.1, -0.05) is 29.5 Å². The molecule has 3 aromatic rings. The summed E-state index contributed by atoms with van der Waals surface area (Å²) >= 11 is 1.45. The van der Waals surface area contributed by atoms with Crippen molar-refractivity contribution in [2.24, 2.45) is 0 Å². The Morgan fingerprint density at radius 3 is 2.70 bits per heavy atom. The van der Waals surface area contributed by atoms with Crippen LogP contribution in [0, 0.1) is 10.1 Å². The fraction of sp³-hybridized carbons (Fsp3) is 0.263. The van der Waals surface area contributed by atoms with Gasteiger partial charge in [-0.3, -0.25) is 19.8 Å². The molecule has 1 aromatic heterocycles. The number of rotatable bonds is 7. The van der Waals surface area contributed by atoms with Gasteiger partial charge in [0.1, 0.15) is 0 Å². The lowest BCUT2D eigenvalue weighted by Crippen LogP contribution is -3.05. The van der Waals surface area contributed by atoms with E-state index in [9.17, 15) is 14.9 Å². The van der Waals surface area contributed by atoms with Gasteiger partial charge in [-0.25, -0.2) is 4.98 Å². The van der Waals surface area contributed by atoms with Gasteiger partial charge in [-0.05, 0) is 18.2 Å². The van der Waals surface area contributed by atoms with Crippen LogP contribution in [0.25, 0.3) is 10.2 Å². The summed E-state index contributed by atoms with van der Waals surface area (Å²) in [5.74, 6) is -0.272. The molecule has 0 bridgehead atoms. The van der Waals surface area contributed by atoms with Gasteiger partial charge in [0.15, 0.2) is 5.13 Å². The van der Waals surface area contributed by atoms with Crippen LogP contribution in [0.4, 0.5) is 10.8 Å². The van der Waals surface area contributed by atoms with Gasteiger partial charge in [-0.2, -0.15) is 0 Å². The van der Waals surface area contributed by atoms with Gasteiger partial charge < -0.3 is 4.90 Å². The Hall–Kier alpha value is -2.84. The number of aromatic nitrogens is 1. The second kappa shape index (κ2) is 8.24. The van der Waals surface area contributed by atoms with Gasteiger partial charge in [0.25, 0.3) is 11.6 Å². The third kappa shape index (κ3) is 4.47. The zero-order valence-electron chi connectivity index (χ0n) is 15.2. The maximum atomic E-state index is 13.1. The molecule has 0 aliphatic carbocycles. The zero-order valence-corrected chi connectivity index (χ0v) is 16.0. The largest absolute Gasteiger partial charge is 0.340 e. The predicted molar refractivity (Wildman–Crippen MR) is 107 cm³/mol. The molecule has 0 aliphatic heterocycles. The molecule has 140 valence electrons. The van der Waals surface area contributed by atoms with Crippen LogP contribution in [-0.4, -0.2) is 43.0 Å². The molecule has 2 aromatic carbocycles. The van der Waals surface area contributed by atoms with Crippen LogP contribution in [-0.2, 0) is 0 Å². The summed E-state index contributed by atoms with van der Waals surface area (Å²) < 4.78 is 1.00. The van der Waals surface area contributed by atoms with Crippen LogP contribution >= 0.6 is 11.3 Å². The normalized spacial score (nSPS) is 11.1. The maximum absolute atomic E-state index is 13.1. The monoisotopic (exact) mass is 385 g/mol. The van der Waals surface area contributed by atoms with Crippen molar-refractivity contribution < 1.29 is 14.6 Å². The van der Waals surface area contributed by atoms with Gasteiger partial charge in [0.2, 0.25) is 0 Å². The molecular formula is C19H21N4O3S+. The quantitative estimate of drug-likeness (QED) is 0.500. The molecule has 0 radical (unpaired) electrons. The highest BCUT2D eigenvalue weighted by Crippen LogP contribution is 2.30. The summed E-state index contributed by atoms with van der Waals surface area (Å²) in [5.41, 5.74) is 1.04. The van der Waals surface area contributed by atoms with Crippen LogP contribution in [0.2, 0.25) is 0 Å². The van der Waals surface area contributed by atoms with Crippen molar-refractivity contribution in [1.82, 2.24) is 4.98 Å².